The van der Waals surface area contributed by atoms with Crippen LogP contribution in [0.25, 0.3) is 0 Å². The summed E-state index contributed by atoms with van der Waals surface area (Å²) in [7, 11) is 0. The average Bonchev–Trinajstić information content (AvgIpc) is 2.97. The lowest BCUT2D eigenvalue weighted by atomic mass is 9.96. The molecule has 2 heterocycles. The number of likely N-dealkylation sites (tertiary alicyclic amines) is 2. The summed E-state index contributed by atoms with van der Waals surface area (Å²) < 4.78 is 0. The predicted molar refractivity (Wildman–Crippen MR) is 91.2 cm³/mol. The molecule has 0 aliphatic carbocycles. The van der Waals surface area contributed by atoms with E-state index in [4.69, 9.17) is 0 Å². The fourth-order valence-electron chi connectivity index (χ4n) is 4.12. The lowest BCUT2D eigenvalue weighted by molar-refractivity contribution is -0.140. The maximum Gasteiger partial charge on any atom is 0.248 e. The first kappa shape index (κ1) is 17.0. The molecule has 1 N–H and O–H groups in total. The molecular weight excluding hydrogens is 304 g/mol. The molecule has 0 aromatic heterocycles. The van der Waals surface area contributed by atoms with Gasteiger partial charge in [-0.1, -0.05) is 36.2 Å². The first-order valence-electron chi connectivity index (χ1n) is 8.85. The normalized spacial score (nSPS) is 24.5. The molecule has 0 spiro atoms. The van der Waals surface area contributed by atoms with Gasteiger partial charge in [0.1, 0.15) is 6.61 Å². The van der Waals surface area contributed by atoms with Crippen molar-refractivity contribution in [3.8, 4) is 0 Å². The van der Waals surface area contributed by atoms with Crippen LogP contribution in [0.3, 0.4) is 0 Å². The molecule has 0 radical (unpaired) electrons. The first-order chi connectivity index (χ1) is 11.6. The van der Waals surface area contributed by atoms with Gasteiger partial charge >= 0.3 is 0 Å². The third kappa shape index (κ3) is 3.46. The number of nitrogens with zero attached hydrogens (tertiary/aromatic N) is 2. The van der Waals surface area contributed by atoms with Crippen molar-refractivity contribution in [1.82, 2.24) is 9.80 Å². The molecule has 1 aromatic carbocycles. The number of amides is 2. The number of carbonyl (C=O) groups excluding carboxylic acids is 2. The zero-order valence-corrected chi connectivity index (χ0v) is 14.3. The maximum absolute atomic E-state index is 12.7. The van der Waals surface area contributed by atoms with E-state index >= 15 is 0 Å². The fourth-order valence-corrected chi connectivity index (χ4v) is 4.12. The van der Waals surface area contributed by atoms with E-state index in [-0.39, 0.29) is 23.9 Å². The summed E-state index contributed by atoms with van der Waals surface area (Å²) in [6.45, 7) is 2.84. The molecule has 2 fully saturated rings. The van der Waals surface area contributed by atoms with E-state index in [1.54, 1.807) is 4.90 Å². The van der Waals surface area contributed by atoms with Crippen LogP contribution < -0.4 is 0 Å². The number of rotatable bonds is 3. The van der Waals surface area contributed by atoms with Crippen molar-refractivity contribution < 1.29 is 14.7 Å². The lowest BCUT2D eigenvalue weighted by Gasteiger charge is -2.37. The van der Waals surface area contributed by atoms with Gasteiger partial charge in [-0.25, -0.2) is 0 Å². The van der Waals surface area contributed by atoms with Gasteiger partial charge in [0.25, 0.3) is 0 Å². The molecule has 3 rings (SSSR count). The monoisotopic (exact) mass is 330 g/mol. The smallest absolute Gasteiger partial charge is 0.248 e. The number of aliphatic hydroxyl groups is 1. The highest BCUT2D eigenvalue weighted by Crippen LogP contribution is 2.31. The molecular formula is C19H26N2O3. The Balaban J connectivity index is 1.84. The summed E-state index contributed by atoms with van der Waals surface area (Å²) in [5, 5.41) is 9.22. The van der Waals surface area contributed by atoms with E-state index in [2.05, 4.69) is 25.1 Å². The number of benzene rings is 1. The Labute approximate surface area is 143 Å². The van der Waals surface area contributed by atoms with Crippen molar-refractivity contribution in [2.45, 2.75) is 57.7 Å². The van der Waals surface area contributed by atoms with Gasteiger partial charge in [-0.2, -0.15) is 0 Å². The third-order valence-electron chi connectivity index (χ3n) is 5.26. The molecule has 2 atom stereocenters. The highest BCUT2D eigenvalue weighted by atomic mass is 16.3. The number of fused-ring (bicyclic) bond motifs is 1. The second-order valence-electron chi connectivity index (χ2n) is 6.93. The van der Waals surface area contributed by atoms with E-state index in [1.807, 2.05) is 11.0 Å². The van der Waals surface area contributed by atoms with Crippen LogP contribution in [-0.2, 0) is 16.1 Å². The average molecular weight is 330 g/mol. The van der Waals surface area contributed by atoms with Gasteiger partial charge in [0.2, 0.25) is 11.8 Å². The number of carbonyl (C=O) groups is 2. The molecule has 24 heavy (non-hydrogen) atoms. The Kier molecular flexibility index (Phi) is 5.19. The maximum atomic E-state index is 12.7. The van der Waals surface area contributed by atoms with Crippen LogP contribution in [-0.4, -0.2) is 52.0 Å². The minimum absolute atomic E-state index is 0.0405. The van der Waals surface area contributed by atoms with Gasteiger partial charge < -0.3 is 14.9 Å². The summed E-state index contributed by atoms with van der Waals surface area (Å²) >= 11 is 0. The summed E-state index contributed by atoms with van der Waals surface area (Å²) in [5.41, 5.74) is 2.32. The molecule has 5 nitrogen and oxygen atoms in total. The molecule has 5 heteroatoms. The minimum Gasteiger partial charge on any atom is -0.387 e. The summed E-state index contributed by atoms with van der Waals surface area (Å²) in [5.74, 6) is -0.0319. The van der Waals surface area contributed by atoms with Crippen molar-refractivity contribution in [1.29, 1.82) is 0 Å². The molecule has 2 aliphatic heterocycles. The van der Waals surface area contributed by atoms with Crippen LogP contribution in [0.5, 0.6) is 0 Å². The van der Waals surface area contributed by atoms with Crippen LogP contribution in [0.1, 0.15) is 43.2 Å². The molecule has 0 bridgehead atoms. The Morgan fingerprint density at radius 2 is 2.08 bits per heavy atom. The largest absolute Gasteiger partial charge is 0.387 e. The SMILES string of the molecule is Cc1cccc(CN2C(=O)CCCC[C@@H]3[C@@H]2CCN3C(=O)CO)c1. The Morgan fingerprint density at radius 1 is 1.25 bits per heavy atom. The van der Waals surface area contributed by atoms with E-state index < -0.39 is 6.61 Å². The highest BCUT2D eigenvalue weighted by Gasteiger charge is 2.41. The molecule has 2 amide bonds. The van der Waals surface area contributed by atoms with E-state index in [9.17, 15) is 14.7 Å². The van der Waals surface area contributed by atoms with Gasteiger partial charge in [-0.3, -0.25) is 9.59 Å². The Hall–Kier alpha value is -1.88. The Bertz CT molecular complexity index is 616. The second-order valence-corrected chi connectivity index (χ2v) is 6.93. The fraction of sp³-hybridized carbons (Fsp3) is 0.579. The molecule has 2 saturated heterocycles. The van der Waals surface area contributed by atoms with Gasteiger partial charge in [0, 0.05) is 19.5 Å². The summed E-state index contributed by atoms with van der Waals surface area (Å²) in [6.07, 6.45) is 4.12. The van der Waals surface area contributed by atoms with Gasteiger partial charge in [-0.05, 0) is 31.7 Å². The van der Waals surface area contributed by atoms with Gasteiger partial charge in [-0.15, -0.1) is 0 Å². The van der Waals surface area contributed by atoms with Crippen molar-refractivity contribution in [2.75, 3.05) is 13.2 Å². The molecule has 1 aromatic rings. The quantitative estimate of drug-likeness (QED) is 0.920. The second kappa shape index (κ2) is 7.34. The van der Waals surface area contributed by atoms with Crippen molar-refractivity contribution in [2.24, 2.45) is 0 Å². The van der Waals surface area contributed by atoms with Crippen molar-refractivity contribution in [3.63, 3.8) is 0 Å². The van der Waals surface area contributed by atoms with Crippen LogP contribution >= 0.6 is 0 Å². The first-order valence-corrected chi connectivity index (χ1v) is 8.85. The van der Waals surface area contributed by atoms with E-state index in [1.165, 1.54) is 5.56 Å². The third-order valence-corrected chi connectivity index (χ3v) is 5.26. The minimum atomic E-state index is -0.449. The number of hydrogen-bond acceptors (Lipinski definition) is 3. The number of aliphatic hydroxyl groups excluding tert-OH is 1. The standard InChI is InChI=1S/C19H26N2O3/c1-14-5-4-6-15(11-14)12-21-17-9-10-20(19(24)13-22)16(17)7-2-3-8-18(21)23/h4-6,11,16-17,22H,2-3,7-10,12-13H2,1H3/t16-,17+/m1/s1. The summed E-state index contributed by atoms with van der Waals surface area (Å²) in [4.78, 5) is 28.5. The van der Waals surface area contributed by atoms with Crippen LogP contribution in [0.4, 0.5) is 0 Å². The molecule has 0 unspecified atom stereocenters. The molecule has 0 saturated carbocycles. The lowest BCUT2D eigenvalue weighted by Crippen LogP contribution is -2.50. The van der Waals surface area contributed by atoms with Crippen LogP contribution in [0.2, 0.25) is 0 Å². The van der Waals surface area contributed by atoms with Crippen LogP contribution in [0.15, 0.2) is 24.3 Å². The molecule has 2 aliphatic rings. The summed E-state index contributed by atoms with van der Waals surface area (Å²) in [6, 6.07) is 8.35. The van der Waals surface area contributed by atoms with E-state index in [0.29, 0.717) is 19.5 Å². The predicted octanol–water partition coefficient (Wildman–Crippen LogP) is 1.86. The van der Waals surface area contributed by atoms with Crippen LogP contribution in [0, 0.1) is 6.92 Å². The number of hydrogen-bond donors (Lipinski definition) is 1. The highest BCUT2D eigenvalue weighted by molar-refractivity contribution is 5.79. The number of aryl methyl sites for hydroxylation is 1. The Morgan fingerprint density at radius 3 is 2.83 bits per heavy atom. The molecule has 130 valence electrons. The van der Waals surface area contributed by atoms with Gasteiger partial charge in [0.15, 0.2) is 0 Å². The van der Waals surface area contributed by atoms with Crippen molar-refractivity contribution in [3.05, 3.63) is 35.4 Å². The topological polar surface area (TPSA) is 60.9 Å². The van der Waals surface area contributed by atoms with E-state index in [0.717, 1.165) is 31.2 Å². The van der Waals surface area contributed by atoms with Gasteiger partial charge in [0.05, 0.1) is 12.1 Å². The zero-order chi connectivity index (χ0) is 17.1. The zero-order valence-electron chi connectivity index (χ0n) is 14.3. The van der Waals surface area contributed by atoms with Crippen molar-refractivity contribution >= 4 is 11.8 Å².